The van der Waals surface area contributed by atoms with Crippen LogP contribution in [0.3, 0.4) is 0 Å². The Morgan fingerprint density at radius 1 is 0.760 bits per heavy atom. The standard InChI is InChI=1S/2C8H16O2.H3O4P/c2*1-3-5-6-7-8-10-9-4-2;1-5(2,3)4/h2*4H,2-3,5-8H2,1H3;(H3,1,2,3,4). The lowest BCUT2D eigenvalue weighted by Crippen LogP contribution is -1.91. The van der Waals surface area contributed by atoms with E-state index in [4.69, 9.17) is 29.0 Å². The molecule has 0 aliphatic heterocycles. The summed E-state index contributed by atoms with van der Waals surface area (Å²) >= 11 is 0. The normalized spacial score (nSPS) is 9.80. The van der Waals surface area contributed by atoms with Crippen LogP contribution in [0, 0.1) is 0 Å². The summed E-state index contributed by atoms with van der Waals surface area (Å²) in [6.45, 7) is 12.4. The molecular weight excluding hydrogens is 351 g/mol. The van der Waals surface area contributed by atoms with Crippen molar-refractivity contribution in [3.05, 3.63) is 25.7 Å². The van der Waals surface area contributed by atoms with Gasteiger partial charge in [0.2, 0.25) is 0 Å². The number of rotatable bonds is 14. The topological polar surface area (TPSA) is 115 Å². The van der Waals surface area contributed by atoms with E-state index in [1.54, 1.807) is 0 Å². The van der Waals surface area contributed by atoms with Crippen LogP contribution < -0.4 is 0 Å². The van der Waals surface area contributed by atoms with Crippen LogP contribution in [0.1, 0.15) is 65.2 Å². The minimum Gasteiger partial charge on any atom is -0.346 e. The molecule has 0 radical (unpaired) electrons. The van der Waals surface area contributed by atoms with Crippen LogP contribution in [0.2, 0.25) is 0 Å². The van der Waals surface area contributed by atoms with Crippen molar-refractivity contribution in [2.75, 3.05) is 13.2 Å². The molecular formula is C16H35O8P. The average Bonchev–Trinajstić information content (AvgIpc) is 2.53. The maximum Gasteiger partial charge on any atom is 0.466 e. The van der Waals surface area contributed by atoms with Crippen molar-refractivity contribution in [3.63, 3.8) is 0 Å². The molecule has 9 heteroatoms. The van der Waals surface area contributed by atoms with E-state index in [1.807, 2.05) is 0 Å². The molecule has 0 spiro atoms. The van der Waals surface area contributed by atoms with Crippen molar-refractivity contribution >= 4 is 7.82 Å². The van der Waals surface area contributed by atoms with E-state index in [-0.39, 0.29) is 0 Å². The summed E-state index contributed by atoms with van der Waals surface area (Å²) in [6, 6.07) is 0. The van der Waals surface area contributed by atoms with Crippen LogP contribution >= 0.6 is 7.82 Å². The SMILES string of the molecule is C=COOCCCCCC.C=COOCCCCCC.O=P(O)(O)O. The van der Waals surface area contributed by atoms with E-state index in [2.05, 4.69) is 36.8 Å². The average molecular weight is 386 g/mol. The third kappa shape index (κ3) is 59.9. The fourth-order valence-corrected chi connectivity index (χ4v) is 1.37. The summed E-state index contributed by atoms with van der Waals surface area (Å²) < 4.78 is 8.88. The predicted octanol–water partition coefficient (Wildman–Crippen LogP) is 4.39. The van der Waals surface area contributed by atoms with Crippen LogP contribution in [0.5, 0.6) is 0 Å². The smallest absolute Gasteiger partial charge is 0.346 e. The zero-order valence-corrected chi connectivity index (χ0v) is 16.4. The zero-order chi connectivity index (χ0) is 19.8. The first kappa shape index (κ1) is 28.9. The van der Waals surface area contributed by atoms with Gasteiger partial charge in [-0.05, 0) is 12.8 Å². The van der Waals surface area contributed by atoms with Crippen molar-refractivity contribution < 1.29 is 38.8 Å². The molecule has 8 nitrogen and oxygen atoms in total. The molecule has 0 saturated heterocycles. The van der Waals surface area contributed by atoms with Crippen LogP contribution in [0.4, 0.5) is 0 Å². The Morgan fingerprint density at radius 2 is 1.08 bits per heavy atom. The maximum absolute atomic E-state index is 8.88. The second-order valence-corrected chi connectivity index (χ2v) is 5.83. The van der Waals surface area contributed by atoms with E-state index in [1.165, 1.54) is 51.0 Å². The van der Waals surface area contributed by atoms with Gasteiger partial charge in [0.1, 0.15) is 12.5 Å². The Bertz CT molecular complexity index is 278. The van der Waals surface area contributed by atoms with Gasteiger partial charge >= 0.3 is 7.82 Å². The fraction of sp³-hybridized carbons (Fsp3) is 0.750. The van der Waals surface area contributed by atoms with E-state index in [0.29, 0.717) is 13.2 Å². The van der Waals surface area contributed by atoms with Gasteiger partial charge in [-0.1, -0.05) is 65.5 Å². The van der Waals surface area contributed by atoms with E-state index < -0.39 is 7.82 Å². The molecule has 0 aliphatic rings. The van der Waals surface area contributed by atoms with E-state index >= 15 is 0 Å². The van der Waals surface area contributed by atoms with Gasteiger partial charge in [0, 0.05) is 0 Å². The van der Waals surface area contributed by atoms with Crippen molar-refractivity contribution in [2.24, 2.45) is 0 Å². The molecule has 0 amide bonds. The second-order valence-electron chi connectivity index (χ2n) is 4.80. The molecule has 0 saturated carbocycles. The van der Waals surface area contributed by atoms with Crippen molar-refractivity contribution in [3.8, 4) is 0 Å². The fourth-order valence-electron chi connectivity index (χ4n) is 1.37. The first-order chi connectivity index (χ1) is 11.8. The van der Waals surface area contributed by atoms with Gasteiger partial charge in [0.25, 0.3) is 0 Å². The van der Waals surface area contributed by atoms with Crippen LogP contribution in [0.15, 0.2) is 25.7 Å². The highest BCUT2D eigenvalue weighted by Crippen LogP contribution is 2.25. The largest absolute Gasteiger partial charge is 0.466 e. The Morgan fingerprint density at radius 3 is 1.32 bits per heavy atom. The third-order valence-corrected chi connectivity index (χ3v) is 2.43. The second kappa shape index (κ2) is 25.4. The van der Waals surface area contributed by atoms with Crippen LogP contribution in [-0.4, -0.2) is 27.9 Å². The highest BCUT2D eigenvalue weighted by atomic mass is 31.2. The Labute approximate surface area is 151 Å². The monoisotopic (exact) mass is 386 g/mol. The van der Waals surface area contributed by atoms with Gasteiger partial charge in [-0.15, -0.1) is 0 Å². The van der Waals surface area contributed by atoms with Gasteiger partial charge in [-0.25, -0.2) is 4.57 Å². The Balaban J connectivity index is -0.000000308. The van der Waals surface area contributed by atoms with Gasteiger partial charge in [0.15, 0.2) is 0 Å². The lowest BCUT2D eigenvalue weighted by atomic mass is 10.2. The first-order valence-corrected chi connectivity index (χ1v) is 9.96. The molecule has 0 aromatic heterocycles. The summed E-state index contributed by atoms with van der Waals surface area (Å²) in [5.41, 5.74) is 0. The lowest BCUT2D eigenvalue weighted by Gasteiger charge is -1.98. The third-order valence-electron chi connectivity index (χ3n) is 2.43. The maximum atomic E-state index is 8.88. The van der Waals surface area contributed by atoms with Gasteiger partial charge in [-0.2, -0.15) is 9.78 Å². The number of hydrogen-bond donors (Lipinski definition) is 3. The highest BCUT2D eigenvalue weighted by molar-refractivity contribution is 7.45. The molecule has 0 aromatic rings. The van der Waals surface area contributed by atoms with Crippen molar-refractivity contribution in [1.29, 1.82) is 0 Å². The van der Waals surface area contributed by atoms with E-state index in [9.17, 15) is 0 Å². The minimum absolute atomic E-state index is 0.673. The molecule has 0 atom stereocenters. The summed E-state index contributed by atoms with van der Waals surface area (Å²) in [7, 11) is -4.64. The molecule has 0 bridgehead atoms. The molecule has 0 fully saturated rings. The van der Waals surface area contributed by atoms with Gasteiger partial charge in [-0.3, -0.25) is 0 Å². The molecule has 0 unspecified atom stereocenters. The summed E-state index contributed by atoms with van der Waals surface area (Å²) in [6.07, 6.45) is 12.2. The molecule has 25 heavy (non-hydrogen) atoms. The van der Waals surface area contributed by atoms with Crippen LogP contribution in [-0.2, 0) is 24.1 Å². The van der Waals surface area contributed by atoms with Gasteiger partial charge < -0.3 is 24.5 Å². The number of hydrogen-bond acceptors (Lipinski definition) is 5. The molecule has 0 rings (SSSR count). The van der Waals surface area contributed by atoms with E-state index in [0.717, 1.165) is 12.8 Å². The molecule has 0 aromatic carbocycles. The molecule has 0 aliphatic carbocycles. The van der Waals surface area contributed by atoms with Crippen LogP contribution in [0.25, 0.3) is 0 Å². The summed E-state index contributed by atoms with van der Waals surface area (Å²) in [5, 5.41) is 0. The van der Waals surface area contributed by atoms with Gasteiger partial charge in [0.05, 0.1) is 13.2 Å². The quantitative estimate of drug-likeness (QED) is 0.132. The summed E-state index contributed by atoms with van der Waals surface area (Å²) in [5.74, 6) is 0. The highest BCUT2D eigenvalue weighted by Gasteiger charge is 2.00. The molecule has 3 N–H and O–H groups in total. The Hall–Kier alpha value is -0.890. The predicted molar refractivity (Wildman–Crippen MR) is 97.0 cm³/mol. The van der Waals surface area contributed by atoms with Crippen molar-refractivity contribution in [1.82, 2.24) is 0 Å². The number of unbranched alkanes of at least 4 members (excludes halogenated alkanes) is 6. The zero-order valence-electron chi connectivity index (χ0n) is 15.5. The minimum atomic E-state index is -4.64. The molecule has 152 valence electrons. The summed E-state index contributed by atoms with van der Waals surface area (Å²) in [4.78, 5) is 39.9. The lowest BCUT2D eigenvalue weighted by molar-refractivity contribution is -0.248. The number of phosphoric acid groups is 1. The Kier molecular flexibility index (Phi) is 29.3. The molecule has 0 heterocycles. The first-order valence-electron chi connectivity index (χ1n) is 8.40. The van der Waals surface area contributed by atoms with Crippen molar-refractivity contribution in [2.45, 2.75) is 65.2 Å².